The molecule has 116 valence electrons. The highest BCUT2D eigenvalue weighted by atomic mass is 16.1. The summed E-state index contributed by atoms with van der Waals surface area (Å²) in [4.78, 5) is 15.7. The number of hydrogen-bond acceptors (Lipinski definition) is 1. The van der Waals surface area contributed by atoms with E-state index in [4.69, 9.17) is 0 Å². The molecule has 1 aromatic heterocycles. The fourth-order valence-electron chi connectivity index (χ4n) is 3.54. The predicted molar refractivity (Wildman–Crippen MR) is 93.7 cm³/mol. The fraction of sp³-hybridized carbons (Fsp3) is 0.250. The summed E-state index contributed by atoms with van der Waals surface area (Å²) < 4.78 is 0. The molecule has 2 aromatic carbocycles. The number of amides is 1. The van der Waals surface area contributed by atoms with Crippen LogP contribution in [0.15, 0.2) is 48.7 Å². The Labute approximate surface area is 135 Å². The molecule has 0 saturated carbocycles. The molecular formula is C20H20N2O. The first-order valence-corrected chi connectivity index (χ1v) is 8.27. The normalized spacial score (nSPS) is 13.7. The number of carbonyl (C=O) groups excluding carboxylic acids is 1. The summed E-state index contributed by atoms with van der Waals surface area (Å²) in [7, 11) is 0. The van der Waals surface area contributed by atoms with Crippen LogP contribution in [0.25, 0.3) is 10.9 Å². The van der Waals surface area contributed by atoms with Crippen molar-refractivity contribution in [2.24, 2.45) is 0 Å². The number of benzene rings is 2. The van der Waals surface area contributed by atoms with E-state index in [0.29, 0.717) is 6.42 Å². The molecule has 3 nitrogen and oxygen atoms in total. The maximum absolute atomic E-state index is 12.5. The van der Waals surface area contributed by atoms with Gasteiger partial charge in [-0.15, -0.1) is 0 Å². The lowest BCUT2D eigenvalue weighted by atomic mass is 9.90. The lowest BCUT2D eigenvalue weighted by Gasteiger charge is -2.19. The molecule has 3 aromatic rings. The maximum atomic E-state index is 12.5. The van der Waals surface area contributed by atoms with E-state index in [2.05, 4.69) is 22.4 Å². The number of nitrogens with one attached hydrogen (secondary N) is 2. The Bertz CT molecular complexity index is 863. The summed E-state index contributed by atoms with van der Waals surface area (Å²) in [5, 5.41) is 4.24. The van der Waals surface area contributed by atoms with Crippen LogP contribution in [0, 0.1) is 0 Å². The van der Waals surface area contributed by atoms with Crippen molar-refractivity contribution in [3.8, 4) is 0 Å². The molecule has 1 aliphatic carbocycles. The van der Waals surface area contributed by atoms with Gasteiger partial charge in [0.1, 0.15) is 0 Å². The molecule has 0 atom stereocenters. The zero-order valence-corrected chi connectivity index (χ0v) is 13.1. The SMILES string of the molecule is O=C(Cc1c[nH]c2ccccc12)Nc1cccc2c1CCCC2. The van der Waals surface area contributed by atoms with Gasteiger partial charge in [0.05, 0.1) is 6.42 Å². The first kappa shape index (κ1) is 14.1. The van der Waals surface area contributed by atoms with Crippen molar-refractivity contribution < 1.29 is 4.79 Å². The van der Waals surface area contributed by atoms with E-state index in [1.165, 1.54) is 24.0 Å². The maximum Gasteiger partial charge on any atom is 0.228 e. The average molecular weight is 304 g/mol. The molecule has 1 amide bonds. The monoisotopic (exact) mass is 304 g/mol. The second kappa shape index (κ2) is 5.92. The molecule has 2 N–H and O–H groups in total. The Balaban J connectivity index is 1.55. The van der Waals surface area contributed by atoms with Gasteiger partial charge >= 0.3 is 0 Å². The van der Waals surface area contributed by atoms with Crippen molar-refractivity contribution in [1.29, 1.82) is 0 Å². The van der Waals surface area contributed by atoms with Gasteiger partial charge in [0.2, 0.25) is 5.91 Å². The number of aromatic nitrogens is 1. The van der Waals surface area contributed by atoms with Crippen molar-refractivity contribution in [3.63, 3.8) is 0 Å². The molecule has 0 spiro atoms. The number of hydrogen-bond donors (Lipinski definition) is 2. The van der Waals surface area contributed by atoms with E-state index < -0.39 is 0 Å². The Morgan fingerprint density at radius 3 is 2.87 bits per heavy atom. The number of aromatic amines is 1. The summed E-state index contributed by atoms with van der Waals surface area (Å²) >= 11 is 0. The third-order valence-corrected chi connectivity index (χ3v) is 4.70. The number of rotatable bonds is 3. The van der Waals surface area contributed by atoms with E-state index in [0.717, 1.165) is 35.0 Å². The van der Waals surface area contributed by atoms with Crippen molar-refractivity contribution in [1.82, 2.24) is 4.98 Å². The minimum absolute atomic E-state index is 0.0497. The zero-order valence-electron chi connectivity index (χ0n) is 13.1. The lowest BCUT2D eigenvalue weighted by Crippen LogP contribution is -2.17. The quantitative estimate of drug-likeness (QED) is 0.747. The van der Waals surface area contributed by atoms with E-state index in [1.807, 2.05) is 36.5 Å². The van der Waals surface area contributed by atoms with Crippen LogP contribution in [0.3, 0.4) is 0 Å². The first-order chi connectivity index (χ1) is 11.3. The van der Waals surface area contributed by atoms with E-state index >= 15 is 0 Å². The Morgan fingerprint density at radius 2 is 1.91 bits per heavy atom. The van der Waals surface area contributed by atoms with E-state index in [1.54, 1.807) is 0 Å². The van der Waals surface area contributed by atoms with E-state index in [9.17, 15) is 4.79 Å². The van der Waals surface area contributed by atoms with Gasteiger partial charge in [-0.2, -0.15) is 0 Å². The number of carbonyl (C=O) groups is 1. The fourth-order valence-corrected chi connectivity index (χ4v) is 3.54. The molecule has 0 unspecified atom stereocenters. The average Bonchev–Trinajstić information content (AvgIpc) is 2.98. The predicted octanol–water partition coefficient (Wildman–Crippen LogP) is 4.23. The van der Waals surface area contributed by atoms with Gasteiger partial charge in [-0.25, -0.2) is 0 Å². The van der Waals surface area contributed by atoms with Crippen LogP contribution in [0.1, 0.15) is 29.5 Å². The van der Waals surface area contributed by atoms with Crippen molar-refractivity contribution >= 4 is 22.5 Å². The Kier molecular flexibility index (Phi) is 3.62. The van der Waals surface area contributed by atoms with Crippen LogP contribution in [0.4, 0.5) is 5.69 Å². The van der Waals surface area contributed by atoms with E-state index in [-0.39, 0.29) is 5.91 Å². The first-order valence-electron chi connectivity index (χ1n) is 8.27. The van der Waals surface area contributed by atoms with Crippen LogP contribution in [0.5, 0.6) is 0 Å². The van der Waals surface area contributed by atoms with Crippen LogP contribution >= 0.6 is 0 Å². The Hall–Kier alpha value is -2.55. The highest BCUT2D eigenvalue weighted by molar-refractivity contribution is 5.96. The van der Waals surface area contributed by atoms with Crippen molar-refractivity contribution in [2.75, 3.05) is 5.32 Å². The summed E-state index contributed by atoms with van der Waals surface area (Å²) in [5.41, 5.74) is 5.83. The molecule has 0 fully saturated rings. The van der Waals surface area contributed by atoms with Crippen molar-refractivity contribution in [2.45, 2.75) is 32.1 Å². The third-order valence-electron chi connectivity index (χ3n) is 4.70. The molecule has 23 heavy (non-hydrogen) atoms. The second-order valence-corrected chi connectivity index (χ2v) is 6.23. The number of para-hydroxylation sites is 1. The van der Waals surface area contributed by atoms with Crippen LogP contribution in [-0.2, 0) is 24.1 Å². The molecule has 0 saturated heterocycles. The number of anilines is 1. The van der Waals surface area contributed by atoms with Gasteiger partial charge in [0, 0.05) is 22.8 Å². The van der Waals surface area contributed by atoms with Crippen LogP contribution in [-0.4, -0.2) is 10.9 Å². The zero-order chi connectivity index (χ0) is 15.6. The minimum Gasteiger partial charge on any atom is -0.361 e. The number of fused-ring (bicyclic) bond motifs is 2. The minimum atomic E-state index is 0.0497. The second-order valence-electron chi connectivity index (χ2n) is 6.23. The molecule has 1 heterocycles. The Morgan fingerprint density at radius 1 is 1.04 bits per heavy atom. The summed E-state index contributed by atoms with van der Waals surface area (Å²) in [5.74, 6) is 0.0497. The van der Waals surface area contributed by atoms with Crippen molar-refractivity contribution in [3.05, 3.63) is 65.4 Å². The van der Waals surface area contributed by atoms with Gasteiger partial charge in [0.15, 0.2) is 0 Å². The highest BCUT2D eigenvalue weighted by Gasteiger charge is 2.15. The summed E-state index contributed by atoms with van der Waals surface area (Å²) in [6.45, 7) is 0. The molecular weight excluding hydrogens is 284 g/mol. The molecule has 0 radical (unpaired) electrons. The van der Waals surface area contributed by atoms with Gasteiger partial charge in [-0.05, 0) is 54.5 Å². The van der Waals surface area contributed by atoms with Crippen LogP contribution < -0.4 is 5.32 Å². The standard InChI is InChI=1S/C20H20N2O/c23-20(12-15-13-21-18-10-4-3-9-17(15)18)22-19-11-5-7-14-6-1-2-8-16(14)19/h3-5,7,9-11,13,21H,1-2,6,8,12H2,(H,22,23). The lowest BCUT2D eigenvalue weighted by molar-refractivity contribution is -0.115. The highest BCUT2D eigenvalue weighted by Crippen LogP contribution is 2.28. The van der Waals surface area contributed by atoms with Gasteiger partial charge in [-0.3, -0.25) is 4.79 Å². The summed E-state index contributed by atoms with van der Waals surface area (Å²) in [6.07, 6.45) is 6.99. The number of H-pyrrole nitrogens is 1. The van der Waals surface area contributed by atoms with Gasteiger partial charge < -0.3 is 10.3 Å². The summed E-state index contributed by atoms with van der Waals surface area (Å²) in [6, 6.07) is 14.3. The molecule has 1 aliphatic rings. The molecule has 0 aliphatic heterocycles. The smallest absolute Gasteiger partial charge is 0.228 e. The largest absolute Gasteiger partial charge is 0.361 e. The topological polar surface area (TPSA) is 44.9 Å². The third kappa shape index (κ3) is 2.74. The molecule has 3 heteroatoms. The number of aryl methyl sites for hydroxylation is 1. The van der Waals surface area contributed by atoms with Gasteiger partial charge in [0.25, 0.3) is 0 Å². The molecule has 4 rings (SSSR count). The molecule has 0 bridgehead atoms. The van der Waals surface area contributed by atoms with Crippen LogP contribution in [0.2, 0.25) is 0 Å². The van der Waals surface area contributed by atoms with Gasteiger partial charge in [-0.1, -0.05) is 30.3 Å².